The van der Waals surface area contributed by atoms with Crippen LogP contribution in [0.1, 0.15) is 10.4 Å². The summed E-state index contributed by atoms with van der Waals surface area (Å²) >= 11 is 5.69. The molecule has 0 bridgehead atoms. The van der Waals surface area contributed by atoms with Crippen LogP contribution in [0.15, 0.2) is 36.4 Å². The van der Waals surface area contributed by atoms with Gasteiger partial charge in [0.15, 0.2) is 11.5 Å². The topological polar surface area (TPSA) is 47.6 Å². The van der Waals surface area contributed by atoms with Gasteiger partial charge in [0.05, 0.1) is 10.6 Å². The summed E-state index contributed by atoms with van der Waals surface area (Å²) in [6.45, 7) is 0.839. The molecule has 1 N–H and O–H groups in total. The van der Waals surface area contributed by atoms with Gasteiger partial charge >= 0.3 is 0 Å². The fourth-order valence-corrected chi connectivity index (χ4v) is 2.21. The van der Waals surface area contributed by atoms with Gasteiger partial charge in [-0.3, -0.25) is 4.79 Å². The second kappa shape index (κ2) is 5.61. The lowest BCUT2D eigenvalue weighted by Crippen LogP contribution is -2.20. The average molecular weight is 308 g/mol. The maximum Gasteiger partial charge on any atom is 0.259 e. The minimum absolute atomic E-state index is 0.0533. The van der Waals surface area contributed by atoms with Gasteiger partial charge < -0.3 is 14.8 Å². The Kier molecular flexibility index (Phi) is 3.66. The predicted octanol–water partition coefficient (Wildman–Crippen LogP) is 3.50. The molecule has 1 aliphatic heterocycles. The first kappa shape index (κ1) is 13.7. The van der Waals surface area contributed by atoms with E-state index in [0.29, 0.717) is 36.0 Å². The molecular weight excluding hydrogens is 297 g/mol. The first-order valence-corrected chi connectivity index (χ1v) is 6.68. The maximum atomic E-state index is 13.1. The number of rotatable bonds is 2. The molecule has 1 amide bonds. The van der Waals surface area contributed by atoms with Crippen LogP contribution in [0.2, 0.25) is 5.02 Å². The number of fused-ring (bicyclic) bond motifs is 1. The molecule has 0 radical (unpaired) electrons. The highest BCUT2D eigenvalue weighted by molar-refractivity contribution is 6.31. The number of carbonyl (C=O) groups is 1. The standard InChI is InChI=1S/C15H11ClFNO3/c16-11-8-9(4-5-12(11)17)18-15(19)10-2-1-3-13-14(10)21-7-6-20-13/h1-5,8H,6-7H2,(H,18,19). The van der Waals surface area contributed by atoms with E-state index in [0.717, 1.165) is 0 Å². The molecule has 108 valence electrons. The van der Waals surface area contributed by atoms with Crippen LogP contribution in [0.3, 0.4) is 0 Å². The van der Waals surface area contributed by atoms with Gasteiger partial charge in [-0.15, -0.1) is 0 Å². The molecule has 0 saturated carbocycles. The first-order chi connectivity index (χ1) is 10.1. The molecule has 0 atom stereocenters. The summed E-state index contributed by atoms with van der Waals surface area (Å²) in [4.78, 5) is 12.3. The molecule has 6 heteroatoms. The van der Waals surface area contributed by atoms with Crippen LogP contribution < -0.4 is 14.8 Å². The van der Waals surface area contributed by atoms with Crippen LogP contribution in [-0.4, -0.2) is 19.1 Å². The van der Waals surface area contributed by atoms with Crippen LogP contribution in [0, 0.1) is 5.82 Å². The van der Waals surface area contributed by atoms with Crippen molar-refractivity contribution in [3.05, 3.63) is 52.8 Å². The van der Waals surface area contributed by atoms with E-state index in [2.05, 4.69) is 5.32 Å². The van der Waals surface area contributed by atoms with E-state index in [9.17, 15) is 9.18 Å². The molecule has 0 fully saturated rings. The van der Waals surface area contributed by atoms with Crippen LogP contribution in [-0.2, 0) is 0 Å². The summed E-state index contributed by atoms with van der Waals surface area (Å²) in [5.41, 5.74) is 0.758. The van der Waals surface area contributed by atoms with Crippen molar-refractivity contribution in [2.75, 3.05) is 18.5 Å². The number of anilines is 1. The van der Waals surface area contributed by atoms with Gasteiger partial charge in [-0.25, -0.2) is 4.39 Å². The fraction of sp³-hybridized carbons (Fsp3) is 0.133. The Morgan fingerprint density at radius 1 is 1.19 bits per heavy atom. The molecule has 0 spiro atoms. The third kappa shape index (κ3) is 2.78. The summed E-state index contributed by atoms with van der Waals surface area (Å²) < 4.78 is 24.0. The van der Waals surface area contributed by atoms with E-state index >= 15 is 0 Å². The molecule has 4 nitrogen and oxygen atoms in total. The van der Waals surface area contributed by atoms with E-state index in [4.69, 9.17) is 21.1 Å². The molecule has 0 unspecified atom stereocenters. The van der Waals surface area contributed by atoms with E-state index in [-0.39, 0.29) is 10.9 Å². The highest BCUT2D eigenvalue weighted by Gasteiger charge is 2.20. The number of para-hydroxylation sites is 1. The average Bonchev–Trinajstić information content (AvgIpc) is 2.50. The minimum Gasteiger partial charge on any atom is -0.486 e. The normalized spacial score (nSPS) is 12.9. The molecule has 0 aliphatic carbocycles. The van der Waals surface area contributed by atoms with Crippen molar-refractivity contribution in [2.24, 2.45) is 0 Å². The molecule has 3 rings (SSSR count). The number of hydrogen-bond donors (Lipinski definition) is 1. The lowest BCUT2D eigenvalue weighted by Gasteiger charge is -2.20. The van der Waals surface area contributed by atoms with Gasteiger partial charge in [-0.1, -0.05) is 17.7 Å². The predicted molar refractivity (Wildman–Crippen MR) is 76.8 cm³/mol. The SMILES string of the molecule is O=C(Nc1ccc(F)c(Cl)c1)c1cccc2c1OCCO2. The van der Waals surface area contributed by atoms with Gasteiger partial charge in [0.2, 0.25) is 0 Å². The van der Waals surface area contributed by atoms with Gasteiger partial charge in [-0.05, 0) is 30.3 Å². The Labute approximate surface area is 125 Å². The Bertz CT molecular complexity index is 705. The Hall–Kier alpha value is -2.27. The van der Waals surface area contributed by atoms with E-state index in [1.54, 1.807) is 18.2 Å². The number of carbonyl (C=O) groups excluding carboxylic acids is 1. The zero-order chi connectivity index (χ0) is 14.8. The first-order valence-electron chi connectivity index (χ1n) is 6.30. The van der Waals surface area contributed by atoms with Crippen molar-refractivity contribution in [1.29, 1.82) is 0 Å². The molecule has 0 saturated heterocycles. The lowest BCUT2D eigenvalue weighted by atomic mass is 10.1. The largest absolute Gasteiger partial charge is 0.486 e. The fourth-order valence-electron chi connectivity index (χ4n) is 2.02. The number of amides is 1. The minimum atomic E-state index is -0.538. The smallest absolute Gasteiger partial charge is 0.259 e. The molecule has 1 aliphatic rings. The van der Waals surface area contributed by atoms with Gasteiger partial charge in [0.1, 0.15) is 19.0 Å². The molecule has 0 aromatic heterocycles. The van der Waals surface area contributed by atoms with Crippen LogP contribution in [0.4, 0.5) is 10.1 Å². The van der Waals surface area contributed by atoms with Crippen molar-refractivity contribution in [3.63, 3.8) is 0 Å². The van der Waals surface area contributed by atoms with Crippen LogP contribution in [0.25, 0.3) is 0 Å². The molecule has 2 aromatic rings. The molecule has 21 heavy (non-hydrogen) atoms. The number of nitrogens with one attached hydrogen (secondary N) is 1. The zero-order valence-electron chi connectivity index (χ0n) is 10.9. The zero-order valence-corrected chi connectivity index (χ0v) is 11.6. The van der Waals surface area contributed by atoms with Crippen molar-refractivity contribution >= 4 is 23.2 Å². The van der Waals surface area contributed by atoms with E-state index in [1.807, 2.05) is 0 Å². The quantitative estimate of drug-likeness (QED) is 0.923. The molecular formula is C15H11ClFNO3. The van der Waals surface area contributed by atoms with Crippen LogP contribution in [0.5, 0.6) is 11.5 Å². The van der Waals surface area contributed by atoms with Crippen molar-refractivity contribution in [1.82, 2.24) is 0 Å². The molecule has 2 aromatic carbocycles. The summed E-state index contributed by atoms with van der Waals surface area (Å²) in [7, 11) is 0. The highest BCUT2D eigenvalue weighted by atomic mass is 35.5. The summed E-state index contributed by atoms with van der Waals surface area (Å²) in [5.74, 6) is 0.0315. The summed E-state index contributed by atoms with van der Waals surface area (Å²) in [6, 6.07) is 9.06. The van der Waals surface area contributed by atoms with E-state index in [1.165, 1.54) is 18.2 Å². The van der Waals surface area contributed by atoms with Crippen molar-refractivity contribution in [3.8, 4) is 11.5 Å². The van der Waals surface area contributed by atoms with Crippen LogP contribution >= 0.6 is 11.6 Å². The maximum absolute atomic E-state index is 13.1. The second-order valence-electron chi connectivity index (χ2n) is 4.41. The second-order valence-corrected chi connectivity index (χ2v) is 4.82. The van der Waals surface area contributed by atoms with E-state index < -0.39 is 5.82 Å². The number of benzene rings is 2. The third-order valence-electron chi connectivity index (χ3n) is 2.99. The summed E-state index contributed by atoms with van der Waals surface area (Å²) in [6.07, 6.45) is 0. The highest BCUT2D eigenvalue weighted by Crippen LogP contribution is 2.34. The van der Waals surface area contributed by atoms with Gasteiger partial charge in [0.25, 0.3) is 5.91 Å². The Morgan fingerprint density at radius 2 is 2.00 bits per heavy atom. The van der Waals surface area contributed by atoms with Crippen molar-refractivity contribution in [2.45, 2.75) is 0 Å². The van der Waals surface area contributed by atoms with Gasteiger partial charge in [0, 0.05) is 5.69 Å². The number of ether oxygens (including phenoxy) is 2. The Balaban J connectivity index is 1.87. The van der Waals surface area contributed by atoms with Crippen molar-refractivity contribution < 1.29 is 18.7 Å². The lowest BCUT2D eigenvalue weighted by molar-refractivity contribution is 0.101. The number of hydrogen-bond acceptors (Lipinski definition) is 3. The molecule has 1 heterocycles. The number of halogens is 2. The third-order valence-corrected chi connectivity index (χ3v) is 3.28. The summed E-state index contributed by atoms with van der Waals surface area (Å²) in [5, 5.41) is 2.60. The Morgan fingerprint density at radius 3 is 2.81 bits per heavy atom. The van der Waals surface area contributed by atoms with Gasteiger partial charge in [-0.2, -0.15) is 0 Å². The monoisotopic (exact) mass is 307 g/mol.